The van der Waals surface area contributed by atoms with E-state index in [9.17, 15) is 23.1 Å². The van der Waals surface area contributed by atoms with Gasteiger partial charge < -0.3 is 9.84 Å². The molecule has 24 heavy (non-hydrogen) atoms. The number of hydrogen-bond donors (Lipinski definition) is 1. The predicted octanol–water partition coefficient (Wildman–Crippen LogP) is 2.70. The summed E-state index contributed by atoms with van der Waals surface area (Å²) in [5.74, 6) is -1.88. The van der Waals surface area contributed by atoms with Crippen molar-refractivity contribution in [3.63, 3.8) is 0 Å². The molecule has 1 aromatic carbocycles. The molecule has 5 nitrogen and oxygen atoms in total. The van der Waals surface area contributed by atoms with E-state index in [1.54, 1.807) is 30.3 Å². The molecule has 0 unspecified atom stereocenters. The van der Waals surface area contributed by atoms with E-state index in [1.807, 2.05) is 0 Å². The number of halogens is 3. The van der Waals surface area contributed by atoms with Gasteiger partial charge in [0, 0.05) is 5.71 Å². The van der Waals surface area contributed by atoms with Crippen molar-refractivity contribution < 1.29 is 27.8 Å². The van der Waals surface area contributed by atoms with E-state index >= 15 is 0 Å². The Morgan fingerprint density at radius 1 is 1.33 bits per heavy atom. The zero-order valence-electron chi connectivity index (χ0n) is 12.8. The van der Waals surface area contributed by atoms with E-state index in [-0.39, 0.29) is 17.1 Å². The van der Waals surface area contributed by atoms with Crippen LogP contribution in [0, 0.1) is 5.92 Å². The standard InChI is InChI=1S/C16H17F3N2O3/c17-16(18,19)15(23)12-8-4-5-9-13(12)20-21(15)14(22)10-24-11-6-2-1-3-7-11/h1-3,6-7,12,23H,4-5,8-10H2/t12-,15-/m1/s1. The fourth-order valence-corrected chi connectivity index (χ4v) is 3.19. The van der Waals surface area contributed by atoms with Gasteiger partial charge in [0.05, 0.1) is 5.92 Å². The molecule has 0 spiro atoms. The molecule has 0 saturated heterocycles. The monoisotopic (exact) mass is 342 g/mol. The van der Waals surface area contributed by atoms with Gasteiger partial charge in [-0.2, -0.15) is 23.3 Å². The zero-order chi connectivity index (χ0) is 17.4. The molecule has 1 saturated carbocycles. The van der Waals surface area contributed by atoms with Crippen LogP contribution in [0.15, 0.2) is 35.4 Å². The molecule has 0 aromatic heterocycles. The van der Waals surface area contributed by atoms with E-state index < -0.39 is 30.3 Å². The van der Waals surface area contributed by atoms with Crippen molar-refractivity contribution in [3.05, 3.63) is 30.3 Å². The summed E-state index contributed by atoms with van der Waals surface area (Å²) in [5, 5.41) is 14.3. The van der Waals surface area contributed by atoms with Gasteiger partial charge in [0.15, 0.2) is 6.61 Å². The van der Waals surface area contributed by atoms with Gasteiger partial charge in [-0.05, 0) is 31.4 Å². The highest BCUT2D eigenvalue weighted by atomic mass is 19.4. The molecule has 1 aromatic rings. The number of hydrazone groups is 1. The van der Waals surface area contributed by atoms with E-state index in [4.69, 9.17) is 4.74 Å². The summed E-state index contributed by atoms with van der Waals surface area (Å²) in [7, 11) is 0. The third-order valence-corrected chi connectivity index (χ3v) is 4.37. The SMILES string of the molecule is O=C(COc1ccccc1)N1N=C2CCCC[C@H]2[C@@]1(O)C(F)(F)F. The normalized spacial score (nSPS) is 26.8. The summed E-state index contributed by atoms with van der Waals surface area (Å²) in [6.45, 7) is -0.633. The highest BCUT2D eigenvalue weighted by Gasteiger charge is 2.68. The number of aliphatic hydroxyl groups is 1. The van der Waals surface area contributed by atoms with Crippen LogP contribution in [-0.2, 0) is 4.79 Å². The lowest BCUT2D eigenvalue weighted by Crippen LogP contribution is -2.62. The summed E-state index contributed by atoms with van der Waals surface area (Å²) in [6.07, 6.45) is -3.23. The van der Waals surface area contributed by atoms with Gasteiger partial charge >= 0.3 is 6.18 Å². The first-order valence-corrected chi connectivity index (χ1v) is 7.71. The highest BCUT2D eigenvalue weighted by Crippen LogP contribution is 2.48. The molecule has 0 bridgehead atoms. The Morgan fingerprint density at radius 2 is 2.04 bits per heavy atom. The van der Waals surface area contributed by atoms with Crippen LogP contribution in [0.1, 0.15) is 25.7 Å². The Kier molecular flexibility index (Phi) is 4.25. The van der Waals surface area contributed by atoms with Crippen molar-refractivity contribution >= 4 is 11.6 Å². The minimum absolute atomic E-state index is 0.151. The molecule has 1 heterocycles. The number of ether oxygens (including phenoxy) is 1. The van der Waals surface area contributed by atoms with E-state index in [2.05, 4.69) is 5.10 Å². The lowest BCUT2D eigenvalue weighted by Gasteiger charge is -2.38. The first-order chi connectivity index (χ1) is 11.3. The minimum atomic E-state index is -5.00. The number of para-hydroxylation sites is 1. The minimum Gasteiger partial charge on any atom is -0.484 e. The maximum absolute atomic E-state index is 13.5. The largest absolute Gasteiger partial charge is 0.484 e. The zero-order valence-corrected chi connectivity index (χ0v) is 12.8. The Labute approximate surface area is 136 Å². The Bertz CT molecular complexity index is 648. The molecular weight excluding hydrogens is 325 g/mol. The second-order valence-corrected chi connectivity index (χ2v) is 5.92. The summed E-state index contributed by atoms with van der Waals surface area (Å²) in [4.78, 5) is 12.3. The van der Waals surface area contributed by atoms with Gasteiger partial charge in [0.25, 0.3) is 11.6 Å². The average Bonchev–Trinajstić information content (AvgIpc) is 2.88. The predicted molar refractivity (Wildman–Crippen MR) is 79.2 cm³/mol. The molecule has 3 rings (SSSR count). The topological polar surface area (TPSA) is 62.1 Å². The number of amides is 1. The number of fused-ring (bicyclic) bond motifs is 1. The van der Waals surface area contributed by atoms with Crippen LogP contribution in [0.4, 0.5) is 13.2 Å². The molecule has 130 valence electrons. The van der Waals surface area contributed by atoms with Gasteiger partial charge in [-0.25, -0.2) is 0 Å². The molecule has 1 aliphatic carbocycles. The van der Waals surface area contributed by atoms with Crippen molar-refractivity contribution in [3.8, 4) is 5.75 Å². The average molecular weight is 342 g/mol. The van der Waals surface area contributed by atoms with Crippen molar-refractivity contribution in [2.24, 2.45) is 11.0 Å². The summed E-state index contributed by atoms with van der Waals surface area (Å²) >= 11 is 0. The number of rotatable bonds is 3. The molecule has 1 fully saturated rings. The fraction of sp³-hybridized carbons (Fsp3) is 0.500. The van der Waals surface area contributed by atoms with Crippen molar-refractivity contribution in [2.45, 2.75) is 37.6 Å². The van der Waals surface area contributed by atoms with E-state index in [1.165, 1.54) is 0 Å². The summed E-state index contributed by atoms with van der Waals surface area (Å²) in [5.41, 5.74) is -3.06. The first-order valence-electron chi connectivity index (χ1n) is 7.71. The molecule has 2 aliphatic rings. The Balaban J connectivity index is 1.81. The van der Waals surface area contributed by atoms with Gasteiger partial charge in [-0.15, -0.1) is 0 Å². The van der Waals surface area contributed by atoms with Crippen LogP contribution < -0.4 is 4.74 Å². The molecular formula is C16H17F3N2O3. The maximum Gasteiger partial charge on any atom is 0.439 e. The Morgan fingerprint density at radius 3 is 2.71 bits per heavy atom. The number of nitrogens with zero attached hydrogens (tertiary/aromatic N) is 2. The van der Waals surface area contributed by atoms with E-state index in [0.717, 1.165) is 0 Å². The number of hydrogen-bond acceptors (Lipinski definition) is 4. The van der Waals surface area contributed by atoms with Gasteiger partial charge in [-0.3, -0.25) is 4.79 Å². The van der Waals surface area contributed by atoms with Gasteiger partial charge in [0.2, 0.25) is 0 Å². The first kappa shape index (κ1) is 16.8. The molecule has 1 N–H and O–H groups in total. The van der Waals surface area contributed by atoms with Gasteiger partial charge in [-0.1, -0.05) is 24.6 Å². The lowest BCUT2D eigenvalue weighted by molar-refractivity contribution is -0.317. The second kappa shape index (κ2) is 6.08. The Hall–Kier alpha value is -2.09. The highest BCUT2D eigenvalue weighted by molar-refractivity contribution is 5.93. The quantitative estimate of drug-likeness (QED) is 0.919. The number of benzene rings is 1. The summed E-state index contributed by atoms with van der Waals surface area (Å²) in [6, 6.07) is 8.26. The second-order valence-electron chi connectivity index (χ2n) is 5.92. The smallest absolute Gasteiger partial charge is 0.439 e. The van der Waals surface area contributed by atoms with Crippen molar-refractivity contribution in [1.29, 1.82) is 0 Å². The molecule has 0 radical (unpaired) electrons. The van der Waals surface area contributed by atoms with Crippen LogP contribution in [0.5, 0.6) is 5.75 Å². The van der Waals surface area contributed by atoms with Crippen LogP contribution >= 0.6 is 0 Å². The number of alkyl halides is 3. The van der Waals surface area contributed by atoms with Crippen LogP contribution in [-0.4, -0.2) is 40.2 Å². The molecule has 1 aliphatic heterocycles. The lowest BCUT2D eigenvalue weighted by atomic mass is 9.80. The van der Waals surface area contributed by atoms with Crippen LogP contribution in [0.25, 0.3) is 0 Å². The van der Waals surface area contributed by atoms with E-state index in [0.29, 0.717) is 25.0 Å². The van der Waals surface area contributed by atoms with Gasteiger partial charge in [0.1, 0.15) is 5.75 Å². The van der Waals surface area contributed by atoms with Crippen LogP contribution in [0.3, 0.4) is 0 Å². The van der Waals surface area contributed by atoms with Crippen LogP contribution in [0.2, 0.25) is 0 Å². The molecule has 8 heteroatoms. The van der Waals surface area contributed by atoms with Crippen molar-refractivity contribution in [1.82, 2.24) is 5.01 Å². The number of carbonyl (C=O) groups is 1. The third kappa shape index (κ3) is 2.75. The molecule has 1 amide bonds. The fourth-order valence-electron chi connectivity index (χ4n) is 3.19. The third-order valence-electron chi connectivity index (χ3n) is 4.37. The number of carbonyl (C=O) groups excluding carboxylic acids is 1. The molecule has 2 atom stereocenters. The van der Waals surface area contributed by atoms with Crippen molar-refractivity contribution in [2.75, 3.05) is 6.61 Å². The summed E-state index contributed by atoms with van der Waals surface area (Å²) < 4.78 is 45.8. The maximum atomic E-state index is 13.5.